The number of hydrogen-bond acceptors (Lipinski definition) is 1. The fourth-order valence-electron chi connectivity index (χ4n) is 2.23. The van der Waals surface area contributed by atoms with Crippen LogP contribution in [0.5, 0.6) is 0 Å². The molecule has 19 heavy (non-hydrogen) atoms. The van der Waals surface area contributed by atoms with Crippen LogP contribution in [0.1, 0.15) is 38.1 Å². The Morgan fingerprint density at radius 3 is 2.37 bits per heavy atom. The lowest BCUT2D eigenvalue weighted by atomic mass is 9.85. The average molecular weight is 286 g/mol. The summed E-state index contributed by atoms with van der Waals surface area (Å²) in [7, 11) is 0. The first-order chi connectivity index (χ1) is 8.84. The van der Waals surface area contributed by atoms with E-state index < -0.39 is 11.7 Å². The van der Waals surface area contributed by atoms with E-state index in [-0.39, 0.29) is 10.6 Å². The van der Waals surface area contributed by atoms with Crippen molar-refractivity contribution in [2.45, 2.75) is 27.7 Å². The number of carbonyl (C=O) groups excluding carboxylic acids is 1. The quantitative estimate of drug-likeness (QED) is 0.866. The zero-order valence-corrected chi connectivity index (χ0v) is 12.6. The molecule has 1 aromatic rings. The van der Waals surface area contributed by atoms with Crippen LogP contribution in [-0.4, -0.2) is 12.5 Å². The van der Waals surface area contributed by atoms with Gasteiger partial charge in [0.15, 0.2) is 5.82 Å². The zero-order chi connectivity index (χ0) is 14.6. The molecule has 0 saturated heterocycles. The maximum absolute atomic E-state index is 13.7. The van der Waals surface area contributed by atoms with Gasteiger partial charge >= 0.3 is 0 Å². The van der Waals surface area contributed by atoms with Crippen LogP contribution in [0.25, 0.3) is 0 Å². The third-order valence-corrected chi connectivity index (χ3v) is 3.70. The molecule has 0 saturated carbocycles. The van der Waals surface area contributed by atoms with Crippen LogP contribution in [0.15, 0.2) is 18.2 Å². The summed E-state index contributed by atoms with van der Waals surface area (Å²) in [5.74, 6) is 0.221. The number of carbonyl (C=O) groups is 1. The molecule has 1 amide bonds. The van der Waals surface area contributed by atoms with E-state index in [2.05, 4.69) is 33.0 Å². The van der Waals surface area contributed by atoms with Crippen LogP contribution >= 0.6 is 11.6 Å². The van der Waals surface area contributed by atoms with Gasteiger partial charge in [-0.3, -0.25) is 4.79 Å². The van der Waals surface area contributed by atoms with Gasteiger partial charge in [-0.05, 0) is 29.9 Å². The number of amides is 1. The average Bonchev–Trinajstić information content (AvgIpc) is 2.31. The summed E-state index contributed by atoms with van der Waals surface area (Å²) < 4.78 is 13.7. The van der Waals surface area contributed by atoms with E-state index in [1.807, 2.05) is 0 Å². The van der Waals surface area contributed by atoms with E-state index in [4.69, 9.17) is 11.6 Å². The smallest absolute Gasteiger partial charge is 0.254 e. The number of benzene rings is 1. The second kappa shape index (κ2) is 6.90. The van der Waals surface area contributed by atoms with E-state index in [1.54, 1.807) is 6.07 Å². The SMILES string of the molecule is CC(C)C(CNC(=O)c1cccc(Cl)c1F)C(C)C. The number of rotatable bonds is 5. The van der Waals surface area contributed by atoms with Gasteiger partial charge < -0.3 is 5.32 Å². The van der Waals surface area contributed by atoms with Crippen molar-refractivity contribution >= 4 is 17.5 Å². The van der Waals surface area contributed by atoms with Crippen molar-refractivity contribution in [2.75, 3.05) is 6.54 Å². The second-order valence-corrected chi connectivity index (χ2v) is 5.87. The maximum Gasteiger partial charge on any atom is 0.254 e. The molecule has 0 unspecified atom stereocenters. The summed E-state index contributed by atoms with van der Waals surface area (Å²) in [6.45, 7) is 9.03. The van der Waals surface area contributed by atoms with E-state index >= 15 is 0 Å². The monoisotopic (exact) mass is 285 g/mol. The van der Waals surface area contributed by atoms with Crippen LogP contribution in [0.2, 0.25) is 5.02 Å². The highest BCUT2D eigenvalue weighted by atomic mass is 35.5. The summed E-state index contributed by atoms with van der Waals surface area (Å²) in [5, 5.41) is 2.76. The predicted molar refractivity (Wildman–Crippen MR) is 76.9 cm³/mol. The van der Waals surface area contributed by atoms with Crippen molar-refractivity contribution in [2.24, 2.45) is 17.8 Å². The number of nitrogens with one attached hydrogen (secondary N) is 1. The van der Waals surface area contributed by atoms with Gasteiger partial charge in [0.05, 0.1) is 10.6 Å². The van der Waals surface area contributed by atoms with Gasteiger partial charge in [-0.2, -0.15) is 0 Å². The first-order valence-electron chi connectivity index (χ1n) is 6.56. The molecule has 0 spiro atoms. The molecule has 0 atom stereocenters. The summed E-state index contributed by atoms with van der Waals surface area (Å²) in [6, 6.07) is 4.44. The zero-order valence-electron chi connectivity index (χ0n) is 11.8. The summed E-state index contributed by atoms with van der Waals surface area (Å²) >= 11 is 5.67. The highest BCUT2D eigenvalue weighted by molar-refractivity contribution is 6.31. The minimum Gasteiger partial charge on any atom is -0.352 e. The van der Waals surface area contributed by atoms with E-state index in [1.165, 1.54) is 12.1 Å². The number of halogens is 2. The van der Waals surface area contributed by atoms with Crippen molar-refractivity contribution in [1.29, 1.82) is 0 Å². The van der Waals surface area contributed by atoms with Gasteiger partial charge in [0.2, 0.25) is 0 Å². The molecule has 0 heterocycles. The van der Waals surface area contributed by atoms with Crippen LogP contribution in [0, 0.1) is 23.6 Å². The second-order valence-electron chi connectivity index (χ2n) is 5.46. The molecular weight excluding hydrogens is 265 g/mol. The third kappa shape index (κ3) is 4.20. The van der Waals surface area contributed by atoms with Crippen molar-refractivity contribution in [3.63, 3.8) is 0 Å². The summed E-state index contributed by atoms with van der Waals surface area (Å²) in [6.07, 6.45) is 0. The van der Waals surface area contributed by atoms with E-state index in [0.717, 1.165) is 0 Å². The van der Waals surface area contributed by atoms with Crippen molar-refractivity contribution in [1.82, 2.24) is 5.32 Å². The molecule has 0 aliphatic carbocycles. The molecule has 4 heteroatoms. The standard InChI is InChI=1S/C15H21ClFNO/c1-9(2)12(10(3)4)8-18-15(19)11-6-5-7-13(16)14(11)17/h5-7,9-10,12H,8H2,1-4H3,(H,18,19). The summed E-state index contributed by atoms with van der Waals surface area (Å²) in [4.78, 5) is 12.0. The van der Waals surface area contributed by atoms with Crippen LogP contribution in [0.3, 0.4) is 0 Å². The van der Waals surface area contributed by atoms with Crippen LogP contribution in [-0.2, 0) is 0 Å². The predicted octanol–water partition coefficient (Wildman–Crippen LogP) is 4.14. The Hall–Kier alpha value is -1.09. The maximum atomic E-state index is 13.7. The van der Waals surface area contributed by atoms with Gasteiger partial charge in [-0.25, -0.2) is 4.39 Å². The van der Waals surface area contributed by atoms with E-state index in [9.17, 15) is 9.18 Å². The van der Waals surface area contributed by atoms with Crippen molar-refractivity contribution in [3.8, 4) is 0 Å². The molecule has 0 fully saturated rings. The van der Waals surface area contributed by atoms with Gasteiger partial charge in [0.25, 0.3) is 5.91 Å². The fourth-order valence-corrected chi connectivity index (χ4v) is 2.40. The molecule has 2 nitrogen and oxygen atoms in total. The van der Waals surface area contributed by atoms with Crippen molar-refractivity contribution < 1.29 is 9.18 Å². The van der Waals surface area contributed by atoms with Crippen LogP contribution in [0.4, 0.5) is 4.39 Å². The highest BCUT2D eigenvalue weighted by Crippen LogP contribution is 2.21. The number of hydrogen-bond donors (Lipinski definition) is 1. The highest BCUT2D eigenvalue weighted by Gasteiger charge is 2.20. The normalized spacial score (nSPS) is 11.4. The molecule has 0 aliphatic rings. The lowest BCUT2D eigenvalue weighted by Crippen LogP contribution is -2.34. The lowest BCUT2D eigenvalue weighted by molar-refractivity contribution is 0.0933. The van der Waals surface area contributed by atoms with Gasteiger partial charge in [0, 0.05) is 6.54 Å². The Bertz CT molecular complexity index is 438. The Labute approximate surface area is 119 Å². The molecular formula is C15H21ClFNO. The summed E-state index contributed by atoms with van der Waals surface area (Å²) in [5.41, 5.74) is -0.00115. The van der Waals surface area contributed by atoms with Gasteiger partial charge in [0.1, 0.15) is 0 Å². The topological polar surface area (TPSA) is 29.1 Å². The first-order valence-corrected chi connectivity index (χ1v) is 6.94. The molecule has 1 aromatic carbocycles. The molecule has 0 bridgehead atoms. The van der Waals surface area contributed by atoms with E-state index in [0.29, 0.717) is 24.3 Å². The molecule has 0 aliphatic heterocycles. The Morgan fingerprint density at radius 1 is 1.26 bits per heavy atom. The Morgan fingerprint density at radius 2 is 1.84 bits per heavy atom. The molecule has 1 rings (SSSR count). The first kappa shape index (κ1) is 16.0. The lowest BCUT2D eigenvalue weighted by Gasteiger charge is -2.25. The minimum absolute atomic E-state index is 0.00115. The van der Waals surface area contributed by atoms with Crippen LogP contribution < -0.4 is 5.32 Å². The largest absolute Gasteiger partial charge is 0.352 e. The molecule has 0 aromatic heterocycles. The molecule has 0 radical (unpaired) electrons. The molecule has 106 valence electrons. The third-order valence-electron chi connectivity index (χ3n) is 3.41. The minimum atomic E-state index is -0.660. The van der Waals surface area contributed by atoms with Crippen molar-refractivity contribution in [3.05, 3.63) is 34.6 Å². The molecule has 1 N–H and O–H groups in total. The Kier molecular flexibility index (Phi) is 5.80. The van der Waals surface area contributed by atoms with Gasteiger partial charge in [-0.1, -0.05) is 45.4 Å². The fraction of sp³-hybridized carbons (Fsp3) is 0.533. The Balaban J connectivity index is 2.72. The van der Waals surface area contributed by atoms with Gasteiger partial charge in [-0.15, -0.1) is 0 Å².